The average Bonchev–Trinajstić information content (AvgIpc) is 2.69. The molecule has 2 aromatic rings. The number of aryl methyl sites for hydroxylation is 2. The molecule has 0 aliphatic heterocycles. The highest BCUT2D eigenvalue weighted by Gasteiger charge is 2.27. The monoisotopic (exact) mass is 474 g/mol. The molecule has 0 aromatic heterocycles. The fourth-order valence-corrected chi connectivity index (χ4v) is 8.19. The van der Waals surface area contributed by atoms with Gasteiger partial charge in [-0.05, 0) is 49.9 Å². The van der Waals surface area contributed by atoms with E-state index in [-0.39, 0.29) is 0 Å². The first kappa shape index (κ1) is 27.1. The Balaban J connectivity index is 2.73. The van der Waals surface area contributed by atoms with Crippen molar-refractivity contribution in [2.24, 2.45) is 0 Å². The van der Waals surface area contributed by atoms with Crippen LogP contribution < -0.4 is 9.05 Å². The SMILES string of the molecule is Cc1ccc(-c2ccc(C)c(C)c2OP(C(C)C)C(C)C)c(OP(C(C)C)C(C)C)c1C. The smallest absolute Gasteiger partial charge is 0.134 e. The standard InChI is InChI=1S/C28H44O2P2/c1-17(2)31(18(3)4)29-27-23(11)21(9)13-15-25(27)26-16-14-22(10)24(12)28(26)30-32(19(5)6)20(7)8/h13-20H,1-12H3. The van der Waals surface area contributed by atoms with Gasteiger partial charge in [0.15, 0.2) is 0 Å². The Bertz CT molecular complexity index is 825. The van der Waals surface area contributed by atoms with Crippen molar-refractivity contribution in [3.63, 3.8) is 0 Å². The highest BCUT2D eigenvalue weighted by atomic mass is 31.1. The minimum Gasteiger partial charge on any atom is -0.473 e. The van der Waals surface area contributed by atoms with Crippen LogP contribution in [0.3, 0.4) is 0 Å². The Morgan fingerprint density at radius 2 is 0.781 bits per heavy atom. The predicted octanol–water partition coefficient (Wildman–Crippen LogP) is 9.77. The molecule has 0 bridgehead atoms. The second-order valence-corrected chi connectivity index (χ2v) is 16.0. The molecular formula is C28H44O2P2. The second kappa shape index (κ2) is 11.4. The van der Waals surface area contributed by atoms with Gasteiger partial charge < -0.3 is 9.05 Å². The van der Waals surface area contributed by atoms with Gasteiger partial charge in [-0.25, -0.2) is 0 Å². The Morgan fingerprint density at radius 3 is 1.03 bits per heavy atom. The molecule has 0 saturated heterocycles. The zero-order valence-electron chi connectivity index (χ0n) is 22.3. The maximum absolute atomic E-state index is 6.87. The molecule has 2 nitrogen and oxygen atoms in total. The zero-order valence-corrected chi connectivity index (χ0v) is 24.1. The van der Waals surface area contributed by atoms with Gasteiger partial charge in [-0.2, -0.15) is 0 Å². The minimum absolute atomic E-state index is 0.503. The van der Waals surface area contributed by atoms with Gasteiger partial charge in [0.05, 0.1) is 16.3 Å². The molecule has 0 N–H and O–H groups in total. The van der Waals surface area contributed by atoms with Gasteiger partial charge in [0.1, 0.15) is 11.5 Å². The summed E-state index contributed by atoms with van der Waals surface area (Å²) in [5.41, 5.74) is 9.32. The zero-order chi connectivity index (χ0) is 24.3. The van der Waals surface area contributed by atoms with E-state index in [0.717, 1.165) is 22.6 Å². The molecule has 0 heterocycles. The molecule has 0 amide bonds. The van der Waals surface area contributed by atoms with E-state index in [1.807, 2.05) is 0 Å². The molecule has 178 valence electrons. The van der Waals surface area contributed by atoms with Gasteiger partial charge in [0.2, 0.25) is 0 Å². The summed E-state index contributed by atoms with van der Waals surface area (Å²) in [6.07, 6.45) is 0. The molecule has 2 aromatic carbocycles. The van der Waals surface area contributed by atoms with E-state index >= 15 is 0 Å². The van der Waals surface area contributed by atoms with E-state index in [1.165, 1.54) is 22.3 Å². The fraction of sp³-hybridized carbons (Fsp3) is 0.571. The highest BCUT2D eigenvalue weighted by molar-refractivity contribution is 7.54. The summed E-state index contributed by atoms with van der Waals surface area (Å²) in [5.74, 6) is 2.06. The van der Waals surface area contributed by atoms with E-state index in [4.69, 9.17) is 9.05 Å². The molecule has 0 radical (unpaired) electrons. The summed E-state index contributed by atoms with van der Waals surface area (Å²) in [6.45, 7) is 27.0. The Morgan fingerprint density at radius 1 is 0.500 bits per heavy atom. The molecule has 4 heteroatoms. The van der Waals surface area contributed by atoms with Crippen molar-refractivity contribution in [3.05, 3.63) is 46.5 Å². The molecular weight excluding hydrogens is 430 g/mol. The van der Waals surface area contributed by atoms with Crippen LogP contribution in [0.5, 0.6) is 11.5 Å². The molecule has 0 aliphatic rings. The van der Waals surface area contributed by atoms with Crippen molar-refractivity contribution >= 4 is 16.3 Å². The lowest BCUT2D eigenvalue weighted by molar-refractivity contribution is 0.580. The fourth-order valence-electron chi connectivity index (χ4n) is 4.06. The van der Waals surface area contributed by atoms with Gasteiger partial charge >= 0.3 is 0 Å². The molecule has 0 unspecified atom stereocenters. The summed E-state index contributed by atoms with van der Waals surface area (Å²) in [6, 6.07) is 8.90. The molecule has 0 spiro atoms. The van der Waals surface area contributed by atoms with Crippen LogP contribution in [0, 0.1) is 27.7 Å². The van der Waals surface area contributed by atoms with E-state index in [1.54, 1.807) is 0 Å². The van der Waals surface area contributed by atoms with Crippen LogP contribution in [0.2, 0.25) is 0 Å². The molecule has 0 saturated carbocycles. The van der Waals surface area contributed by atoms with Crippen LogP contribution in [0.1, 0.15) is 77.6 Å². The molecule has 0 aliphatic carbocycles. The van der Waals surface area contributed by atoms with Crippen LogP contribution >= 0.6 is 16.3 Å². The van der Waals surface area contributed by atoms with Gasteiger partial charge in [0, 0.05) is 33.8 Å². The van der Waals surface area contributed by atoms with Gasteiger partial charge in [-0.1, -0.05) is 79.7 Å². The van der Waals surface area contributed by atoms with Gasteiger partial charge in [-0.15, -0.1) is 0 Å². The predicted molar refractivity (Wildman–Crippen MR) is 146 cm³/mol. The molecule has 32 heavy (non-hydrogen) atoms. The summed E-state index contributed by atoms with van der Waals surface area (Å²) >= 11 is 0. The first-order valence-corrected chi connectivity index (χ1v) is 14.8. The number of rotatable bonds is 9. The van der Waals surface area contributed by atoms with Crippen molar-refractivity contribution in [1.29, 1.82) is 0 Å². The van der Waals surface area contributed by atoms with E-state index in [9.17, 15) is 0 Å². The maximum Gasteiger partial charge on any atom is 0.134 e. The van der Waals surface area contributed by atoms with Crippen LogP contribution in [-0.4, -0.2) is 22.6 Å². The lowest BCUT2D eigenvalue weighted by atomic mass is 9.95. The maximum atomic E-state index is 6.87. The van der Waals surface area contributed by atoms with Crippen LogP contribution in [-0.2, 0) is 0 Å². The first-order valence-electron chi connectivity index (χ1n) is 12.0. The Labute approximate surface area is 200 Å². The van der Waals surface area contributed by atoms with Crippen molar-refractivity contribution in [3.8, 4) is 22.6 Å². The average molecular weight is 475 g/mol. The topological polar surface area (TPSA) is 18.5 Å². The lowest BCUT2D eigenvalue weighted by Gasteiger charge is -2.30. The number of benzene rings is 2. The van der Waals surface area contributed by atoms with Crippen LogP contribution in [0.15, 0.2) is 24.3 Å². The number of hydrogen-bond acceptors (Lipinski definition) is 2. The number of hydrogen-bond donors (Lipinski definition) is 0. The van der Waals surface area contributed by atoms with Crippen molar-refractivity contribution < 1.29 is 9.05 Å². The second-order valence-electron chi connectivity index (χ2n) is 10.0. The third-order valence-electron chi connectivity index (χ3n) is 6.07. The molecule has 2 rings (SSSR count). The Kier molecular flexibility index (Phi) is 9.63. The lowest BCUT2D eigenvalue weighted by Crippen LogP contribution is -2.11. The van der Waals surface area contributed by atoms with Crippen molar-refractivity contribution in [2.75, 3.05) is 0 Å². The van der Waals surface area contributed by atoms with Crippen molar-refractivity contribution in [1.82, 2.24) is 0 Å². The van der Waals surface area contributed by atoms with E-state index in [2.05, 4.69) is 107 Å². The minimum atomic E-state index is -0.588. The van der Waals surface area contributed by atoms with Gasteiger partial charge in [-0.3, -0.25) is 0 Å². The summed E-state index contributed by atoms with van der Waals surface area (Å²) in [5, 5.41) is 0. The van der Waals surface area contributed by atoms with Crippen LogP contribution in [0.25, 0.3) is 11.1 Å². The summed E-state index contributed by atoms with van der Waals surface area (Å²) in [7, 11) is -1.18. The third-order valence-corrected chi connectivity index (χ3v) is 10.9. The summed E-state index contributed by atoms with van der Waals surface area (Å²) < 4.78 is 13.7. The highest BCUT2D eigenvalue weighted by Crippen LogP contribution is 2.54. The van der Waals surface area contributed by atoms with Crippen LogP contribution in [0.4, 0.5) is 0 Å². The van der Waals surface area contributed by atoms with E-state index in [0.29, 0.717) is 22.6 Å². The normalized spacial score (nSPS) is 12.2. The van der Waals surface area contributed by atoms with E-state index < -0.39 is 16.3 Å². The largest absolute Gasteiger partial charge is 0.473 e. The quantitative estimate of drug-likeness (QED) is 0.337. The molecule has 0 atom stereocenters. The first-order chi connectivity index (χ1) is 14.9. The summed E-state index contributed by atoms with van der Waals surface area (Å²) in [4.78, 5) is 0. The van der Waals surface area contributed by atoms with Crippen molar-refractivity contribution in [2.45, 2.75) is 106 Å². The third kappa shape index (κ3) is 6.07. The van der Waals surface area contributed by atoms with Gasteiger partial charge in [0.25, 0.3) is 0 Å². The Hall–Kier alpha value is -1.10. The molecule has 0 fully saturated rings.